The summed E-state index contributed by atoms with van der Waals surface area (Å²) in [6, 6.07) is 17.6. The molecule has 1 aliphatic rings. The highest BCUT2D eigenvalue weighted by Crippen LogP contribution is 2.32. The van der Waals surface area contributed by atoms with E-state index in [1.807, 2.05) is 49.7 Å². The van der Waals surface area contributed by atoms with Gasteiger partial charge in [-0.3, -0.25) is 14.3 Å². The minimum Gasteiger partial charge on any atom is -0.357 e. The molecule has 2 aromatic heterocycles. The Hall–Kier alpha value is -4.20. The number of carbonyl (C=O) groups is 2. The molecule has 1 aliphatic heterocycles. The number of anilines is 1. The van der Waals surface area contributed by atoms with Crippen molar-refractivity contribution in [2.45, 2.75) is 59.5 Å². The van der Waals surface area contributed by atoms with Crippen LogP contribution in [0.5, 0.6) is 0 Å². The molecule has 0 aliphatic carbocycles. The fourth-order valence-corrected chi connectivity index (χ4v) is 4.91. The second-order valence-electron chi connectivity index (χ2n) is 9.90. The van der Waals surface area contributed by atoms with Crippen LogP contribution in [-0.2, 0) is 13.1 Å². The van der Waals surface area contributed by atoms with Crippen molar-refractivity contribution in [3.63, 3.8) is 0 Å². The smallest absolute Gasteiger partial charge is 0.276 e. The summed E-state index contributed by atoms with van der Waals surface area (Å²) in [5.41, 5.74) is 5.15. The molecule has 0 saturated carbocycles. The molecule has 7 nitrogen and oxygen atoms in total. The number of aromatic nitrogens is 3. The zero-order valence-electron chi connectivity index (χ0n) is 23.2. The largest absolute Gasteiger partial charge is 0.357 e. The van der Waals surface area contributed by atoms with Crippen molar-refractivity contribution in [2.75, 3.05) is 11.9 Å². The van der Waals surface area contributed by atoms with Crippen LogP contribution in [0.3, 0.4) is 0 Å². The number of benzene rings is 2. The second-order valence-corrected chi connectivity index (χ2v) is 9.90. The topological polar surface area (TPSA) is 83.0 Å². The molecule has 1 atom stereocenters. The molecule has 0 unspecified atom stereocenters. The maximum Gasteiger partial charge on any atom is 0.276 e. The highest BCUT2D eigenvalue weighted by molar-refractivity contribution is 6.04. The maximum atomic E-state index is 13.5. The van der Waals surface area contributed by atoms with Crippen molar-refractivity contribution < 1.29 is 14.0 Å². The van der Waals surface area contributed by atoms with Crippen LogP contribution in [0.4, 0.5) is 10.1 Å². The molecule has 39 heavy (non-hydrogen) atoms. The number of hydrogen-bond donors (Lipinski definition) is 2. The van der Waals surface area contributed by atoms with Crippen molar-refractivity contribution in [2.24, 2.45) is 0 Å². The van der Waals surface area contributed by atoms with E-state index >= 15 is 0 Å². The Morgan fingerprint density at radius 1 is 1.10 bits per heavy atom. The Bertz CT molecular complexity index is 1420. The van der Waals surface area contributed by atoms with Gasteiger partial charge in [0, 0.05) is 35.6 Å². The van der Waals surface area contributed by atoms with Crippen LogP contribution in [0, 0.1) is 5.82 Å². The normalized spacial score (nSPS) is 14.4. The molecule has 0 saturated heterocycles. The molecule has 2 N–H and O–H groups in total. The minimum atomic E-state index is -0.323. The number of rotatable bonds is 6. The van der Waals surface area contributed by atoms with Gasteiger partial charge in [-0.05, 0) is 53.4 Å². The first-order valence-corrected chi connectivity index (χ1v) is 13.5. The summed E-state index contributed by atoms with van der Waals surface area (Å²) >= 11 is 0. The number of fused-ring (bicyclic) bond motifs is 1. The number of nitrogens with zero attached hydrogens (tertiary/aromatic N) is 3. The monoisotopic (exact) mass is 529 g/mol. The lowest BCUT2D eigenvalue weighted by Crippen LogP contribution is -2.38. The first kappa shape index (κ1) is 27.8. The van der Waals surface area contributed by atoms with E-state index in [0.717, 1.165) is 22.4 Å². The van der Waals surface area contributed by atoms with Crippen LogP contribution in [0.25, 0.3) is 0 Å². The van der Waals surface area contributed by atoms with Gasteiger partial charge in [0.25, 0.3) is 11.8 Å². The van der Waals surface area contributed by atoms with Gasteiger partial charge in [-0.25, -0.2) is 4.39 Å². The molecule has 2 amide bonds. The van der Waals surface area contributed by atoms with E-state index in [-0.39, 0.29) is 30.1 Å². The van der Waals surface area contributed by atoms with Gasteiger partial charge in [0.05, 0.1) is 13.1 Å². The van der Waals surface area contributed by atoms with E-state index in [4.69, 9.17) is 5.10 Å². The van der Waals surface area contributed by atoms with Crippen LogP contribution >= 0.6 is 0 Å². The van der Waals surface area contributed by atoms with Crippen LogP contribution in [0.15, 0.2) is 66.9 Å². The van der Waals surface area contributed by atoms with E-state index in [1.54, 1.807) is 35.4 Å². The van der Waals surface area contributed by atoms with Crippen LogP contribution in [-0.4, -0.2) is 38.0 Å². The number of aromatic amines is 1. The van der Waals surface area contributed by atoms with E-state index in [9.17, 15) is 14.0 Å². The van der Waals surface area contributed by atoms with Gasteiger partial charge < -0.3 is 15.2 Å². The Morgan fingerprint density at radius 3 is 2.51 bits per heavy atom. The van der Waals surface area contributed by atoms with Crippen molar-refractivity contribution in [3.8, 4) is 0 Å². The lowest BCUT2D eigenvalue weighted by Gasteiger charge is -2.32. The van der Waals surface area contributed by atoms with Crippen molar-refractivity contribution in [1.29, 1.82) is 0 Å². The summed E-state index contributed by atoms with van der Waals surface area (Å²) in [6.07, 6.45) is 1.72. The third kappa shape index (κ3) is 6.11. The molecular formula is C31H36FN5O2. The number of nitrogens with one attached hydrogen (secondary N) is 2. The third-order valence-corrected chi connectivity index (χ3v) is 6.79. The lowest BCUT2D eigenvalue weighted by atomic mass is 9.95. The van der Waals surface area contributed by atoms with Gasteiger partial charge in [0.1, 0.15) is 11.5 Å². The zero-order valence-corrected chi connectivity index (χ0v) is 23.2. The predicted octanol–water partition coefficient (Wildman–Crippen LogP) is 6.56. The average Bonchev–Trinajstić information content (AvgIpc) is 3.60. The Labute approximate surface area is 229 Å². The van der Waals surface area contributed by atoms with E-state index in [1.165, 1.54) is 12.1 Å². The van der Waals surface area contributed by atoms with Crippen molar-refractivity contribution in [3.05, 3.63) is 106 Å². The van der Waals surface area contributed by atoms with E-state index in [0.29, 0.717) is 36.1 Å². The van der Waals surface area contributed by atoms with Crippen LogP contribution in [0.1, 0.15) is 89.8 Å². The number of carbonyl (C=O) groups excluding carboxylic acids is 2. The zero-order chi connectivity index (χ0) is 28.1. The Kier molecular flexibility index (Phi) is 8.64. The molecule has 3 heterocycles. The van der Waals surface area contributed by atoms with Gasteiger partial charge in [-0.1, -0.05) is 58.9 Å². The van der Waals surface area contributed by atoms with Gasteiger partial charge in [0.15, 0.2) is 5.69 Å². The molecule has 2 aromatic carbocycles. The number of amides is 2. The quantitative estimate of drug-likeness (QED) is 0.297. The number of H-pyrrole nitrogens is 1. The molecule has 0 bridgehead atoms. The van der Waals surface area contributed by atoms with Crippen molar-refractivity contribution >= 4 is 17.5 Å². The summed E-state index contributed by atoms with van der Waals surface area (Å²) in [5.74, 6) is -0.475. The fraction of sp³-hybridized carbons (Fsp3) is 0.323. The first-order valence-electron chi connectivity index (χ1n) is 13.5. The lowest BCUT2D eigenvalue weighted by molar-refractivity contribution is 0.0711. The molecule has 4 aromatic rings. The SMILES string of the molecule is CC.CC(C)c1cccc(NC(=O)c2nn(Cc3ccc(F)cc3)c3c2CN(C(=O)c2ccc[nH]2)C[C@H]3C)c1. The molecule has 204 valence electrons. The van der Waals surface area contributed by atoms with E-state index < -0.39 is 0 Å². The summed E-state index contributed by atoms with van der Waals surface area (Å²) < 4.78 is 15.3. The predicted molar refractivity (Wildman–Crippen MR) is 152 cm³/mol. The highest BCUT2D eigenvalue weighted by Gasteiger charge is 2.34. The standard InChI is InChI=1S/C29H30FN5O2.C2H6/c1-18(2)21-6-4-7-23(14-21)32-28(36)26-24-17-34(29(37)25-8-5-13-31-25)15-19(3)27(24)35(33-26)16-20-9-11-22(30)12-10-20;1-2/h4-14,18-19,31H,15-17H2,1-3H3,(H,32,36);1-2H3/t19-;/m1./s1. The molecule has 0 spiro atoms. The first-order chi connectivity index (χ1) is 18.8. The second kappa shape index (κ2) is 12.1. The summed E-state index contributed by atoms with van der Waals surface area (Å²) in [7, 11) is 0. The molecule has 0 radical (unpaired) electrons. The van der Waals surface area contributed by atoms with Crippen molar-refractivity contribution in [1.82, 2.24) is 19.7 Å². The highest BCUT2D eigenvalue weighted by atomic mass is 19.1. The average molecular weight is 530 g/mol. The Balaban J connectivity index is 0.00000172. The maximum absolute atomic E-state index is 13.5. The number of hydrogen-bond acceptors (Lipinski definition) is 3. The van der Waals surface area contributed by atoms with Gasteiger partial charge in [-0.15, -0.1) is 0 Å². The minimum absolute atomic E-state index is 0.0542. The summed E-state index contributed by atoms with van der Waals surface area (Å²) in [6.45, 7) is 11.4. The van der Waals surface area contributed by atoms with Crippen LogP contribution < -0.4 is 5.32 Å². The molecule has 0 fully saturated rings. The molecule has 5 rings (SSSR count). The molecule has 8 heteroatoms. The van der Waals surface area contributed by atoms with Gasteiger partial charge in [0.2, 0.25) is 0 Å². The van der Waals surface area contributed by atoms with E-state index in [2.05, 4.69) is 24.1 Å². The van der Waals surface area contributed by atoms with Gasteiger partial charge >= 0.3 is 0 Å². The molecular weight excluding hydrogens is 493 g/mol. The van der Waals surface area contributed by atoms with Gasteiger partial charge in [-0.2, -0.15) is 5.10 Å². The fourth-order valence-electron chi connectivity index (χ4n) is 4.91. The Morgan fingerprint density at radius 2 is 1.85 bits per heavy atom. The third-order valence-electron chi connectivity index (χ3n) is 6.79. The summed E-state index contributed by atoms with van der Waals surface area (Å²) in [5, 5.41) is 7.74. The van der Waals surface area contributed by atoms with Crippen LogP contribution in [0.2, 0.25) is 0 Å². The number of halogens is 1. The summed E-state index contributed by atoms with van der Waals surface area (Å²) in [4.78, 5) is 31.4.